The highest BCUT2D eigenvalue weighted by Gasteiger charge is 2.30. The molecule has 1 aliphatic rings. The molecule has 0 aliphatic carbocycles. The van der Waals surface area contributed by atoms with Crippen LogP contribution in [-0.4, -0.2) is 56.5 Å². The van der Waals surface area contributed by atoms with E-state index in [0.29, 0.717) is 37.0 Å². The molecule has 1 unspecified atom stereocenters. The van der Waals surface area contributed by atoms with Gasteiger partial charge in [-0.3, -0.25) is 14.7 Å². The Balaban J connectivity index is 1.45. The third kappa shape index (κ3) is 3.43. The maximum absolute atomic E-state index is 13.2. The summed E-state index contributed by atoms with van der Waals surface area (Å²) < 4.78 is 5.61. The number of nitrogens with one attached hydrogen (secondary N) is 3. The molecule has 4 heterocycles. The van der Waals surface area contributed by atoms with Gasteiger partial charge in [0.25, 0.3) is 0 Å². The first-order valence-electron chi connectivity index (χ1n) is 9.76. The molecule has 1 aliphatic heterocycles. The van der Waals surface area contributed by atoms with Gasteiger partial charge in [-0.15, -0.1) is 0 Å². The van der Waals surface area contributed by atoms with Crippen LogP contribution in [-0.2, 0) is 16.1 Å². The van der Waals surface area contributed by atoms with Crippen molar-refractivity contribution in [2.24, 2.45) is 0 Å². The number of rotatable bonds is 4. The van der Waals surface area contributed by atoms with Gasteiger partial charge in [0.05, 0.1) is 48.2 Å². The molecule has 1 saturated heterocycles. The number of morpholine rings is 1. The summed E-state index contributed by atoms with van der Waals surface area (Å²) in [6.45, 7) is 4.14. The van der Waals surface area contributed by atoms with Gasteiger partial charge in [-0.05, 0) is 25.1 Å². The highest BCUT2D eigenvalue weighted by molar-refractivity contribution is 6.33. The molecule has 0 saturated carbocycles. The summed E-state index contributed by atoms with van der Waals surface area (Å²) in [6.07, 6.45) is 5.18. The molecular formula is C21H21ClN6O2. The maximum atomic E-state index is 13.2. The minimum atomic E-state index is -0.421. The van der Waals surface area contributed by atoms with E-state index < -0.39 is 6.04 Å². The Morgan fingerprint density at radius 1 is 1.40 bits per heavy atom. The lowest BCUT2D eigenvalue weighted by Crippen LogP contribution is -2.51. The zero-order valence-corrected chi connectivity index (χ0v) is 17.2. The molecule has 1 atom stereocenters. The van der Waals surface area contributed by atoms with Crippen molar-refractivity contribution in [1.29, 1.82) is 0 Å². The first-order chi connectivity index (χ1) is 14.6. The van der Waals surface area contributed by atoms with Gasteiger partial charge >= 0.3 is 0 Å². The van der Waals surface area contributed by atoms with Crippen molar-refractivity contribution in [1.82, 2.24) is 24.8 Å². The number of hydrogen-bond acceptors (Lipinski definition) is 5. The van der Waals surface area contributed by atoms with E-state index in [2.05, 4.69) is 30.2 Å². The second-order valence-electron chi connectivity index (χ2n) is 7.45. The van der Waals surface area contributed by atoms with Crippen molar-refractivity contribution in [3.63, 3.8) is 0 Å². The fourth-order valence-electron chi connectivity index (χ4n) is 3.94. The Kier molecular flexibility index (Phi) is 4.90. The Labute approximate surface area is 177 Å². The summed E-state index contributed by atoms with van der Waals surface area (Å²) in [4.78, 5) is 30.3. The molecule has 9 heteroatoms. The van der Waals surface area contributed by atoms with E-state index in [-0.39, 0.29) is 5.91 Å². The Morgan fingerprint density at radius 3 is 3.13 bits per heavy atom. The van der Waals surface area contributed by atoms with Crippen molar-refractivity contribution in [2.45, 2.75) is 19.5 Å². The van der Waals surface area contributed by atoms with Gasteiger partial charge < -0.3 is 20.0 Å². The van der Waals surface area contributed by atoms with E-state index in [1.807, 2.05) is 19.1 Å². The lowest BCUT2D eigenvalue weighted by atomic mass is 10.1. The van der Waals surface area contributed by atoms with Gasteiger partial charge in [0, 0.05) is 40.8 Å². The largest absolute Gasteiger partial charge is 0.378 e. The third-order valence-corrected chi connectivity index (χ3v) is 5.78. The molecule has 30 heavy (non-hydrogen) atoms. The fourth-order valence-corrected chi connectivity index (χ4v) is 4.16. The lowest BCUT2D eigenvalue weighted by Gasteiger charge is -2.34. The van der Waals surface area contributed by atoms with E-state index in [1.54, 1.807) is 24.8 Å². The fraction of sp³-hybridized carbons (Fsp3) is 0.286. The Bertz CT molecular complexity index is 1230. The van der Waals surface area contributed by atoms with Gasteiger partial charge in [0.1, 0.15) is 6.04 Å². The second-order valence-corrected chi connectivity index (χ2v) is 7.88. The number of aryl methyl sites for hydroxylation is 1. The van der Waals surface area contributed by atoms with Crippen LogP contribution < -0.4 is 5.32 Å². The van der Waals surface area contributed by atoms with Gasteiger partial charge in [-0.1, -0.05) is 11.6 Å². The summed E-state index contributed by atoms with van der Waals surface area (Å²) in [5.74, 6) is -0.136. The number of hydrogen-bond donors (Lipinski definition) is 3. The number of anilines is 1. The number of nitrogens with zero attached hydrogens (tertiary/aromatic N) is 3. The number of aromatic amines is 2. The highest BCUT2D eigenvalue weighted by Crippen LogP contribution is 2.33. The van der Waals surface area contributed by atoms with E-state index in [0.717, 1.165) is 33.2 Å². The molecule has 154 valence electrons. The summed E-state index contributed by atoms with van der Waals surface area (Å²) in [5.41, 5.74) is 4.29. The topological polar surface area (TPSA) is 98.9 Å². The summed E-state index contributed by atoms with van der Waals surface area (Å²) >= 11 is 6.36. The number of carbonyl (C=O) groups excluding carboxylic acids is 1. The van der Waals surface area contributed by atoms with Crippen LogP contribution in [0.5, 0.6) is 0 Å². The van der Waals surface area contributed by atoms with Crippen molar-refractivity contribution in [3.05, 3.63) is 53.3 Å². The molecule has 0 spiro atoms. The summed E-state index contributed by atoms with van der Waals surface area (Å²) in [5, 5.41) is 5.56. The van der Waals surface area contributed by atoms with E-state index in [9.17, 15) is 4.79 Å². The van der Waals surface area contributed by atoms with Gasteiger partial charge in [-0.2, -0.15) is 0 Å². The van der Waals surface area contributed by atoms with Crippen LogP contribution in [0.4, 0.5) is 5.69 Å². The van der Waals surface area contributed by atoms with E-state index in [1.165, 1.54) is 0 Å². The number of pyridine rings is 1. The first-order valence-corrected chi connectivity index (χ1v) is 10.1. The second kappa shape index (κ2) is 7.71. The molecule has 4 aromatic rings. The predicted molar refractivity (Wildman–Crippen MR) is 116 cm³/mol. The van der Waals surface area contributed by atoms with Gasteiger partial charge in [-0.25, -0.2) is 4.98 Å². The first kappa shape index (κ1) is 19.0. The van der Waals surface area contributed by atoms with Crippen molar-refractivity contribution < 1.29 is 9.53 Å². The molecule has 8 nitrogen and oxygen atoms in total. The standard InChI is InChI=1S/C21H21ClN6O2/c1-12-18(25-11-24-12)9-28-4-5-30-10-19(28)21(29)27-16-7-13(22)6-15-14-2-3-23-8-17(14)26-20(15)16/h2-3,6-8,11,19,26H,4-5,9-10H2,1H3,(H,24,25)(H,27,29). The van der Waals surface area contributed by atoms with Gasteiger partial charge in [0.15, 0.2) is 0 Å². The van der Waals surface area contributed by atoms with Crippen LogP contribution >= 0.6 is 11.6 Å². The number of aromatic nitrogens is 4. The minimum absolute atomic E-state index is 0.136. The average molecular weight is 425 g/mol. The molecule has 1 amide bonds. The van der Waals surface area contributed by atoms with Gasteiger partial charge in [0.2, 0.25) is 5.91 Å². The van der Waals surface area contributed by atoms with Crippen LogP contribution in [0.3, 0.4) is 0 Å². The zero-order valence-electron chi connectivity index (χ0n) is 16.4. The highest BCUT2D eigenvalue weighted by atomic mass is 35.5. The normalized spacial score (nSPS) is 17.6. The predicted octanol–water partition coefficient (Wildman–Crippen LogP) is 3.24. The third-order valence-electron chi connectivity index (χ3n) is 5.56. The molecule has 0 bridgehead atoms. The maximum Gasteiger partial charge on any atom is 0.244 e. The number of halogens is 1. The number of amides is 1. The minimum Gasteiger partial charge on any atom is -0.378 e. The smallest absolute Gasteiger partial charge is 0.244 e. The molecule has 3 N–H and O–H groups in total. The monoisotopic (exact) mass is 424 g/mol. The molecule has 0 radical (unpaired) electrons. The molecular weight excluding hydrogens is 404 g/mol. The van der Waals surface area contributed by atoms with Crippen molar-refractivity contribution >= 4 is 45.0 Å². The van der Waals surface area contributed by atoms with Crippen LogP contribution in [0.25, 0.3) is 21.8 Å². The lowest BCUT2D eigenvalue weighted by molar-refractivity contribution is -0.127. The number of fused-ring (bicyclic) bond motifs is 3. The Hall–Kier alpha value is -2.94. The van der Waals surface area contributed by atoms with E-state index >= 15 is 0 Å². The Morgan fingerprint density at radius 2 is 2.30 bits per heavy atom. The van der Waals surface area contributed by atoms with E-state index in [4.69, 9.17) is 16.3 Å². The quantitative estimate of drug-likeness (QED) is 0.467. The molecule has 1 aromatic carbocycles. The number of H-pyrrole nitrogens is 2. The number of imidazole rings is 1. The summed E-state index contributed by atoms with van der Waals surface area (Å²) in [6, 6.07) is 5.16. The number of carbonyl (C=O) groups is 1. The van der Waals surface area contributed by atoms with Crippen molar-refractivity contribution in [2.75, 3.05) is 25.1 Å². The SMILES string of the molecule is Cc1[nH]cnc1CN1CCOCC1C(=O)Nc1cc(Cl)cc2c1[nH]c1cnccc12. The van der Waals surface area contributed by atoms with Crippen LogP contribution in [0.2, 0.25) is 5.02 Å². The molecule has 1 fully saturated rings. The van der Waals surface area contributed by atoms with Crippen LogP contribution in [0, 0.1) is 6.92 Å². The average Bonchev–Trinajstić information content (AvgIpc) is 3.32. The summed E-state index contributed by atoms with van der Waals surface area (Å²) in [7, 11) is 0. The van der Waals surface area contributed by atoms with Crippen LogP contribution in [0.15, 0.2) is 36.9 Å². The number of ether oxygens (including phenoxy) is 1. The zero-order chi connectivity index (χ0) is 20.7. The van der Waals surface area contributed by atoms with Crippen molar-refractivity contribution in [3.8, 4) is 0 Å². The molecule has 5 rings (SSSR count). The van der Waals surface area contributed by atoms with Crippen LogP contribution in [0.1, 0.15) is 11.4 Å². The molecule has 3 aromatic heterocycles. The number of benzene rings is 1.